The van der Waals surface area contributed by atoms with Gasteiger partial charge in [-0.25, -0.2) is 4.39 Å². The number of hydrogen-bond donors (Lipinski definition) is 1. The van der Waals surface area contributed by atoms with Gasteiger partial charge in [-0.2, -0.15) is 0 Å². The maximum absolute atomic E-state index is 13.2. The summed E-state index contributed by atoms with van der Waals surface area (Å²) in [6.07, 6.45) is 1.46. The Labute approximate surface area is 123 Å². The van der Waals surface area contributed by atoms with E-state index < -0.39 is 0 Å². The van der Waals surface area contributed by atoms with Crippen LogP contribution in [0.4, 0.5) is 4.39 Å². The predicted octanol–water partition coefficient (Wildman–Crippen LogP) is 3.23. The molecule has 0 fully saturated rings. The number of fused-ring (bicyclic) bond motifs is 1. The molecular formula is C17H18FNO2. The van der Waals surface area contributed by atoms with Gasteiger partial charge in [-0.15, -0.1) is 0 Å². The summed E-state index contributed by atoms with van der Waals surface area (Å²) < 4.78 is 24.5. The van der Waals surface area contributed by atoms with Gasteiger partial charge in [-0.1, -0.05) is 18.2 Å². The van der Waals surface area contributed by atoms with Crippen molar-refractivity contribution in [2.45, 2.75) is 18.9 Å². The van der Waals surface area contributed by atoms with E-state index in [1.165, 1.54) is 12.1 Å². The molecule has 4 heteroatoms. The quantitative estimate of drug-likeness (QED) is 0.942. The lowest BCUT2D eigenvalue weighted by molar-refractivity contribution is 0.297. The first-order valence-corrected chi connectivity index (χ1v) is 7.12. The molecule has 0 spiro atoms. The summed E-state index contributed by atoms with van der Waals surface area (Å²) in [5.41, 5.74) is 8.08. The van der Waals surface area contributed by atoms with Gasteiger partial charge in [0.1, 0.15) is 5.82 Å². The zero-order valence-corrected chi connectivity index (χ0v) is 11.7. The Kier molecular flexibility index (Phi) is 4.06. The highest BCUT2D eigenvalue weighted by Gasteiger charge is 2.14. The number of ether oxygens (including phenoxy) is 2. The number of nitrogens with two attached hydrogens (primary N) is 1. The Bertz CT molecular complexity index is 630. The highest BCUT2D eigenvalue weighted by molar-refractivity contribution is 5.44. The Morgan fingerprint density at radius 2 is 1.86 bits per heavy atom. The molecule has 2 N–H and O–H groups in total. The second-order valence-corrected chi connectivity index (χ2v) is 5.20. The average Bonchev–Trinajstić information content (AvgIpc) is 2.71. The molecule has 3 nitrogen and oxygen atoms in total. The third-order valence-electron chi connectivity index (χ3n) is 3.54. The summed E-state index contributed by atoms with van der Waals surface area (Å²) in [7, 11) is 0. The van der Waals surface area contributed by atoms with Crippen molar-refractivity contribution in [2.75, 3.05) is 13.2 Å². The lowest BCUT2D eigenvalue weighted by Gasteiger charge is -2.15. The molecule has 110 valence electrons. The van der Waals surface area contributed by atoms with E-state index in [4.69, 9.17) is 15.2 Å². The van der Waals surface area contributed by atoms with Crippen LogP contribution in [0, 0.1) is 5.82 Å². The molecule has 2 aromatic carbocycles. The van der Waals surface area contributed by atoms with Crippen LogP contribution in [-0.4, -0.2) is 13.2 Å². The molecule has 0 saturated heterocycles. The molecule has 2 aromatic rings. The monoisotopic (exact) mass is 287 g/mol. The third kappa shape index (κ3) is 3.34. The molecule has 1 heterocycles. The minimum absolute atomic E-state index is 0.205. The van der Waals surface area contributed by atoms with Crippen LogP contribution in [0.15, 0.2) is 42.5 Å². The lowest BCUT2D eigenvalue weighted by Crippen LogP contribution is -2.13. The molecule has 1 unspecified atom stereocenters. The second-order valence-electron chi connectivity index (χ2n) is 5.20. The van der Waals surface area contributed by atoms with Crippen molar-refractivity contribution in [3.05, 3.63) is 59.4 Å². The van der Waals surface area contributed by atoms with E-state index in [-0.39, 0.29) is 11.9 Å². The number of rotatable bonds is 3. The first kappa shape index (κ1) is 13.9. The Morgan fingerprint density at radius 1 is 1.05 bits per heavy atom. The van der Waals surface area contributed by atoms with Crippen LogP contribution >= 0.6 is 0 Å². The van der Waals surface area contributed by atoms with Gasteiger partial charge in [0.15, 0.2) is 11.5 Å². The fraction of sp³-hybridized carbons (Fsp3) is 0.294. The molecule has 1 atom stereocenters. The maximum Gasteiger partial charge on any atom is 0.161 e. The molecule has 0 amide bonds. The summed E-state index contributed by atoms with van der Waals surface area (Å²) in [5.74, 6) is 1.26. The zero-order valence-electron chi connectivity index (χ0n) is 11.7. The molecule has 21 heavy (non-hydrogen) atoms. The first-order valence-electron chi connectivity index (χ1n) is 7.12. The molecule has 0 aromatic heterocycles. The van der Waals surface area contributed by atoms with Crippen molar-refractivity contribution in [3.63, 3.8) is 0 Å². The van der Waals surface area contributed by atoms with Gasteiger partial charge in [-0.05, 0) is 41.8 Å². The van der Waals surface area contributed by atoms with Crippen LogP contribution in [0.2, 0.25) is 0 Å². The van der Waals surface area contributed by atoms with Crippen molar-refractivity contribution in [1.82, 2.24) is 0 Å². The normalized spacial score (nSPS) is 15.3. The minimum Gasteiger partial charge on any atom is -0.490 e. The van der Waals surface area contributed by atoms with Crippen molar-refractivity contribution < 1.29 is 13.9 Å². The standard InChI is InChI=1S/C17H18FNO2/c18-14-4-1-3-12(9-14)10-15(19)13-5-6-16-17(11-13)21-8-2-7-20-16/h1,3-6,9,11,15H,2,7-8,10,19H2. The fourth-order valence-electron chi connectivity index (χ4n) is 2.45. The van der Waals surface area contributed by atoms with Crippen molar-refractivity contribution in [3.8, 4) is 11.5 Å². The van der Waals surface area contributed by atoms with Gasteiger partial charge >= 0.3 is 0 Å². The molecule has 0 aliphatic carbocycles. The topological polar surface area (TPSA) is 44.5 Å². The Balaban J connectivity index is 1.78. The molecule has 1 aliphatic rings. The van der Waals surface area contributed by atoms with Gasteiger partial charge < -0.3 is 15.2 Å². The van der Waals surface area contributed by atoms with Gasteiger partial charge in [0.25, 0.3) is 0 Å². The highest BCUT2D eigenvalue weighted by Crippen LogP contribution is 2.32. The van der Waals surface area contributed by atoms with Crippen LogP contribution in [0.5, 0.6) is 11.5 Å². The van der Waals surface area contributed by atoms with Gasteiger partial charge in [0.05, 0.1) is 13.2 Å². The Hall–Kier alpha value is -2.07. The van der Waals surface area contributed by atoms with Crippen molar-refractivity contribution in [2.24, 2.45) is 5.73 Å². The summed E-state index contributed by atoms with van der Waals surface area (Å²) in [5, 5.41) is 0. The zero-order chi connectivity index (χ0) is 14.7. The largest absolute Gasteiger partial charge is 0.490 e. The summed E-state index contributed by atoms with van der Waals surface area (Å²) in [4.78, 5) is 0. The smallest absolute Gasteiger partial charge is 0.161 e. The van der Waals surface area contributed by atoms with E-state index in [1.54, 1.807) is 6.07 Å². The van der Waals surface area contributed by atoms with E-state index >= 15 is 0 Å². The number of hydrogen-bond acceptors (Lipinski definition) is 3. The van der Waals surface area contributed by atoms with Crippen molar-refractivity contribution in [1.29, 1.82) is 0 Å². The van der Waals surface area contributed by atoms with E-state index in [0.717, 1.165) is 29.0 Å². The molecular weight excluding hydrogens is 269 g/mol. The van der Waals surface area contributed by atoms with E-state index in [0.29, 0.717) is 19.6 Å². The van der Waals surface area contributed by atoms with Gasteiger partial charge in [0, 0.05) is 12.5 Å². The summed E-state index contributed by atoms with van der Waals surface area (Å²) >= 11 is 0. The first-order chi connectivity index (χ1) is 10.2. The maximum atomic E-state index is 13.2. The van der Waals surface area contributed by atoms with Crippen LogP contribution in [0.3, 0.4) is 0 Å². The van der Waals surface area contributed by atoms with Crippen LogP contribution in [-0.2, 0) is 6.42 Å². The predicted molar refractivity (Wildman–Crippen MR) is 79.1 cm³/mol. The molecule has 0 radical (unpaired) electrons. The van der Waals surface area contributed by atoms with Crippen LogP contribution < -0.4 is 15.2 Å². The van der Waals surface area contributed by atoms with E-state index in [2.05, 4.69) is 0 Å². The molecule has 0 saturated carbocycles. The van der Waals surface area contributed by atoms with Crippen LogP contribution in [0.25, 0.3) is 0 Å². The van der Waals surface area contributed by atoms with Gasteiger partial charge in [-0.3, -0.25) is 0 Å². The summed E-state index contributed by atoms with van der Waals surface area (Å²) in [6.45, 7) is 1.32. The molecule has 0 bridgehead atoms. The van der Waals surface area contributed by atoms with E-state index in [1.807, 2.05) is 24.3 Å². The highest BCUT2D eigenvalue weighted by atomic mass is 19.1. The fourth-order valence-corrected chi connectivity index (χ4v) is 2.45. The lowest BCUT2D eigenvalue weighted by atomic mass is 9.99. The average molecular weight is 287 g/mol. The minimum atomic E-state index is -0.238. The number of benzene rings is 2. The van der Waals surface area contributed by atoms with Gasteiger partial charge in [0.2, 0.25) is 0 Å². The summed E-state index contributed by atoms with van der Waals surface area (Å²) in [6, 6.07) is 12.1. The second kappa shape index (κ2) is 6.14. The number of halogens is 1. The van der Waals surface area contributed by atoms with Crippen LogP contribution in [0.1, 0.15) is 23.6 Å². The Morgan fingerprint density at radius 3 is 2.67 bits per heavy atom. The molecule has 3 rings (SSSR count). The third-order valence-corrected chi connectivity index (χ3v) is 3.54. The van der Waals surface area contributed by atoms with E-state index in [9.17, 15) is 4.39 Å². The molecule has 1 aliphatic heterocycles. The van der Waals surface area contributed by atoms with Crippen molar-refractivity contribution >= 4 is 0 Å². The SMILES string of the molecule is NC(Cc1cccc(F)c1)c1ccc2c(c1)OCCCO2.